The third-order valence-electron chi connectivity index (χ3n) is 5.58. The molecule has 33 heavy (non-hydrogen) atoms. The Morgan fingerprint density at radius 3 is 2.52 bits per heavy atom. The van der Waals surface area contributed by atoms with E-state index in [9.17, 15) is 4.79 Å². The molecule has 9 nitrogen and oxygen atoms in total. The highest BCUT2D eigenvalue weighted by Gasteiger charge is 2.22. The Morgan fingerprint density at radius 2 is 1.85 bits per heavy atom. The van der Waals surface area contributed by atoms with Crippen LogP contribution in [0.3, 0.4) is 0 Å². The third-order valence-corrected chi connectivity index (χ3v) is 6.51. The maximum atomic E-state index is 12.7. The zero-order valence-corrected chi connectivity index (χ0v) is 19.7. The van der Waals surface area contributed by atoms with Crippen molar-refractivity contribution >= 4 is 23.5 Å². The van der Waals surface area contributed by atoms with E-state index >= 15 is 0 Å². The third kappa shape index (κ3) is 5.75. The first-order valence-corrected chi connectivity index (χ1v) is 12.0. The Kier molecular flexibility index (Phi) is 7.33. The Morgan fingerprint density at radius 1 is 1.09 bits per heavy atom. The summed E-state index contributed by atoms with van der Waals surface area (Å²) in [6, 6.07) is 13.8. The lowest BCUT2D eigenvalue weighted by Crippen LogP contribution is -2.49. The van der Waals surface area contributed by atoms with Crippen LogP contribution < -0.4 is 15.5 Å². The Labute approximate surface area is 197 Å². The van der Waals surface area contributed by atoms with Gasteiger partial charge in [0.2, 0.25) is 11.1 Å². The van der Waals surface area contributed by atoms with Crippen LogP contribution in [0.15, 0.2) is 53.8 Å². The van der Waals surface area contributed by atoms with Gasteiger partial charge in [-0.1, -0.05) is 43.8 Å². The van der Waals surface area contributed by atoms with Gasteiger partial charge < -0.3 is 20.4 Å². The van der Waals surface area contributed by atoms with E-state index in [-0.39, 0.29) is 18.3 Å². The number of pyridine rings is 1. The minimum Gasteiger partial charge on any atom is -0.486 e. The number of amides is 1. The Balaban J connectivity index is 1.24. The summed E-state index contributed by atoms with van der Waals surface area (Å²) in [7, 11) is 0. The number of piperazine rings is 1. The standard InChI is InChI=1S/C23H29N7O2S/c1-17(2)18-6-8-19(9-7-18)32-15-21-26-27-23(30(21)24)33-16-22(31)29-13-11-28(12-14-29)20-5-3-4-10-25-20/h3-10,17H,11-16,24H2,1-2H3. The minimum atomic E-state index is 0.0618. The summed E-state index contributed by atoms with van der Waals surface area (Å²) in [4.78, 5) is 21.1. The van der Waals surface area contributed by atoms with Crippen LogP contribution in [0.1, 0.15) is 31.2 Å². The van der Waals surface area contributed by atoms with Crippen LogP contribution >= 0.6 is 11.8 Å². The molecule has 0 atom stereocenters. The first kappa shape index (κ1) is 22.9. The van der Waals surface area contributed by atoms with Gasteiger partial charge in [0.1, 0.15) is 18.2 Å². The van der Waals surface area contributed by atoms with Gasteiger partial charge in [0.05, 0.1) is 5.75 Å². The number of nitrogens with zero attached hydrogens (tertiary/aromatic N) is 6. The zero-order chi connectivity index (χ0) is 23.2. The predicted molar refractivity (Wildman–Crippen MR) is 129 cm³/mol. The summed E-state index contributed by atoms with van der Waals surface area (Å²) in [6.45, 7) is 7.37. The van der Waals surface area contributed by atoms with Crippen molar-refractivity contribution in [3.63, 3.8) is 0 Å². The first-order chi connectivity index (χ1) is 16.0. The quantitative estimate of drug-likeness (QED) is 0.398. The summed E-state index contributed by atoms with van der Waals surface area (Å²) < 4.78 is 7.18. The molecule has 10 heteroatoms. The number of rotatable bonds is 8. The molecule has 1 aromatic carbocycles. The smallest absolute Gasteiger partial charge is 0.233 e. The summed E-state index contributed by atoms with van der Waals surface area (Å²) in [5, 5.41) is 8.72. The fraction of sp³-hybridized carbons (Fsp3) is 0.391. The van der Waals surface area contributed by atoms with E-state index < -0.39 is 0 Å². The number of carbonyl (C=O) groups excluding carboxylic acids is 1. The van der Waals surface area contributed by atoms with Crippen LogP contribution in [0.5, 0.6) is 5.75 Å². The molecular weight excluding hydrogens is 438 g/mol. The molecule has 1 saturated heterocycles. The number of thioether (sulfide) groups is 1. The van der Waals surface area contributed by atoms with Crippen molar-refractivity contribution in [3.05, 3.63) is 60.0 Å². The average molecular weight is 468 g/mol. The van der Waals surface area contributed by atoms with Crippen molar-refractivity contribution in [1.82, 2.24) is 24.8 Å². The molecule has 0 bridgehead atoms. The molecule has 1 amide bonds. The van der Waals surface area contributed by atoms with Crippen LogP contribution in [-0.4, -0.2) is 62.6 Å². The number of benzene rings is 1. The average Bonchev–Trinajstić information content (AvgIpc) is 3.21. The Hall–Kier alpha value is -3.27. The second-order valence-corrected chi connectivity index (χ2v) is 9.07. The van der Waals surface area contributed by atoms with Crippen LogP contribution in [0.4, 0.5) is 5.82 Å². The van der Waals surface area contributed by atoms with E-state index in [0.717, 1.165) is 24.7 Å². The van der Waals surface area contributed by atoms with E-state index in [4.69, 9.17) is 10.6 Å². The van der Waals surface area contributed by atoms with Crippen molar-refractivity contribution < 1.29 is 9.53 Å². The van der Waals surface area contributed by atoms with Gasteiger partial charge in [0, 0.05) is 32.4 Å². The molecule has 2 aromatic heterocycles. The topological polar surface area (TPSA) is 102 Å². The van der Waals surface area contributed by atoms with Crippen molar-refractivity contribution in [2.24, 2.45) is 0 Å². The molecule has 0 spiro atoms. The fourth-order valence-corrected chi connectivity index (χ4v) is 4.32. The fourth-order valence-electron chi connectivity index (χ4n) is 3.54. The van der Waals surface area contributed by atoms with Crippen LogP contribution in [0, 0.1) is 0 Å². The maximum Gasteiger partial charge on any atom is 0.233 e. The van der Waals surface area contributed by atoms with Gasteiger partial charge in [-0.2, -0.15) is 0 Å². The summed E-state index contributed by atoms with van der Waals surface area (Å²) in [5.41, 5.74) is 1.26. The molecule has 0 radical (unpaired) electrons. The lowest BCUT2D eigenvalue weighted by Gasteiger charge is -2.35. The highest BCUT2D eigenvalue weighted by Crippen LogP contribution is 2.21. The zero-order valence-electron chi connectivity index (χ0n) is 18.9. The van der Waals surface area contributed by atoms with Gasteiger partial charge in [0.25, 0.3) is 0 Å². The molecule has 174 valence electrons. The number of anilines is 1. The SMILES string of the molecule is CC(C)c1ccc(OCc2nnc(SCC(=O)N3CCN(c4ccccn4)CC3)n2N)cc1. The summed E-state index contributed by atoms with van der Waals surface area (Å²) in [6.07, 6.45) is 1.79. The van der Waals surface area contributed by atoms with Crippen molar-refractivity contribution in [1.29, 1.82) is 0 Å². The number of aromatic nitrogens is 4. The number of nitrogens with two attached hydrogens (primary N) is 1. The second kappa shape index (κ2) is 10.6. The first-order valence-electron chi connectivity index (χ1n) is 11.0. The number of ether oxygens (including phenoxy) is 1. The van der Waals surface area contributed by atoms with Gasteiger partial charge >= 0.3 is 0 Å². The van der Waals surface area contributed by atoms with Gasteiger partial charge in [-0.15, -0.1) is 10.2 Å². The van der Waals surface area contributed by atoms with Crippen molar-refractivity contribution in [3.8, 4) is 5.75 Å². The molecule has 1 fully saturated rings. The number of hydrogen-bond acceptors (Lipinski definition) is 8. The molecule has 2 N–H and O–H groups in total. The summed E-state index contributed by atoms with van der Waals surface area (Å²) in [5.74, 6) is 9.12. The minimum absolute atomic E-state index is 0.0618. The molecule has 4 rings (SSSR count). The van der Waals surface area contributed by atoms with Crippen LogP contribution in [-0.2, 0) is 11.4 Å². The normalized spacial score (nSPS) is 14.0. The maximum absolute atomic E-state index is 12.7. The molecule has 0 aliphatic carbocycles. The van der Waals surface area contributed by atoms with Gasteiger partial charge in [-0.25, -0.2) is 9.66 Å². The highest BCUT2D eigenvalue weighted by atomic mass is 32.2. The molecular formula is C23H29N7O2S. The van der Waals surface area contributed by atoms with Crippen molar-refractivity contribution in [2.45, 2.75) is 31.5 Å². The molecule has 0 saturated carbocycles. The molecule has 3 heterocycles. The second-order valence-electron chi connectivity index (χ2n) is 8.13. The van der Waals surface area contributed by atoms with Crippen LogP contribution in [0.2, 0.25) is 0 Å². The predicted octanol–water partition coefficient (Wildman–Crippen LogP) is 2.53. The van der Waals surface area contributed by atoms with E-state index in [2.05, 4.69) is 46.1 Å². The van der Waals surface area contributed by atoms with Gasteiger partial charge in [0.15, 0.2) is 5.82 Å². The highest BCUT2D eigenvalue weighted by molar-refractivity contribution is 7.99. The largest absolute Gasteiger partial charge is 0.486 e. The number of nitrogen functional groups attached to an aromatic ring is 1. The monoisotopic (exact) mass is 467 g/mol. The van der Waals surface area contributed by atoms with Crippen LogP contribution in [0.25, 0.3) is 0 Å². The number of carbonyl (C=O) groups is 1. The molecule has 1 aliphatic heterocycles. The lowest BCUT2D eigenvalue weighted by atomic mass is 10.0. The van der Waals surface area contributed by atoms with E-state index in [1.807, 2.05) is 35.2 Å². The molecule has 0 unspecified atom stereocenters. The van der Waals surface area contributed by atoms with E-state index in [1.54, 1.807) is 6.20 Å². The number of hydrogen-bond donors (Lipinski definition) is 1. The molecule has 1 aliphatic rings. The molecule has 3 aromatic rings. The Bertz CT molecular complexity index is 1050. The lowest BCUT2D eigenvalue weighted by molar-refractivity contribution is -0.128. The van der Waals surface area contributed by atoms with Crippen molar-refractivity contribution in [2.75, 3.05) is 42.7 Å². The van der Waals surface area contributed by atoms with E-state index in [0.29, 0.717) is 30.0 Å². The van der Waals surface area contributed by atoms with Gasteiger partial charge in [-0.3, -0.25) is 4.79 Å². The van der Waals surface area contributed by atoms with E-state index in [1.165, 1.54) is 22.0 Å². The van der Waals surface area contributed by atoms with Gasteiger partial charge in [-0.05, 0) is 35.7 Å². The summed E-state index contributed by atoms with van der Waals surface area (Å²) >= 11 is 1.29.